The second-order valence-electron chi connectivity index (χ2n) is 5.12. The molecule has 0 saturated carbocycles. The Balaban J connectivity index is 2.27. The van der Waals surface area contributed by atoms with Crippen molar-refractivity contribution in [1.29, 1.82) is 5.26 Å². The number of hydrogen-bond acceptors (Lipinski definition) is 4. The van der Waals surface area contributed by atoms with Gasteiger partial charge >= 0.3 is 0 Å². The van der Waals surface area contributed by atoms with Crippen LogP contribution in [0, 0.1) is 17.2 Å². The van der Waals surface area contributed by atoms with Crippen molar-refractivity contribution in [3.05, 3.63) is 23.4 Å². The summed E-state index contributed by atoms with van der Waals surface area (Å²) in [6.07, 6.45) is 0.963. The molecule has 0 amide bonds. The molecule has 0 unspecified atom stereocenters. The number of piperazine rings is 1. The molecular formula is C14H20N4. The van der Waals surface area contributed by atoms with Gasteiger partial charge in [0.05, 0.1) is 5.56 Å². The molecule has 1 fully saturated rings. The normalized spacial score (nSPS) is 15.8. The van der Waals surface area contributed by atoms with Crippen molar-refractivity contribution < 1.29 is 0 Å². The van der Waals surface area contributed by atoms with Gasteiger partial charge in [0, 0.05) is 31.9 Å². The first-order chi connectivity index (χ1) is 8.70. The molecule has 1 aromatic rings. The number of nitriles is 1. The lowest BCUT2D eigenvalue weighted by Crippen LogP contribution is -2.44. The zero-order valence-electron chi connectivity index (χ0n) is 11.1. The molecule has 0 aromatic carbocycles. The van der Waals surface area contributed by atoms with Crippen molar-refractivity contribution in [2.45, 2.75) is 20.3 Å². The van der Waals surface area contributed by atoms with Gasteiger partial charge in [0.25, 0.3) is 0 Å². The van der Waals surface area contributed by atoms with Gasteiger partial charge in [-0.25, -0.2) is 4.98 Å². The Morgan fingerprint density at radius 2 is 2.11 bits per heavy atom. The van der Waals surface area contributed by atoms with Gasteiger partial charge in [-0.2, -0.15) is 5.26 Å². The summed E-state index contributed by atoms with van der Waals surface area (Å²) in [7, 11) is 0. The smallest absolute Gasteiger partial charge is 0.146 e. The minimum atomic E-state index is 0.585. The zero-order valence-corrected chi connectivity index (χ0v) is 11.1. The summed E-state index contributed by atoms with van der Waals surface area (Å²) < 4.78 is 0. The van der Waals surface area contributed by atoms with Crippen LogP contribution in [0.25, 0.3) is 0 Å². The van der Waals surface area contributed by atoms with Crippen LogP contribution in [0.2, 0.25) is 0 Å². The molecule has 4 nitrogen and oxygen atoms in total. The maximum Gasteiger partial charge on any atom is 0.146 e. The second kappa shape index (κ2) is 5.83. The molecule has 1 aliphatic rings. The molecule has 0 radical (unpaired) electrons. The van der Waals surface area contributed by atoms with Gasteiger partial charge < -0.3 is 10.2 Å². The fourth-order valence-corrected chi connectivity index (χ4v) is 2.22. The monoisotopic (exact) mass is 244 g/mol. The van der Waals surface area contributed by atoms with Crippen molar-refractivity contribution in [2.24, 2.45) is 5.92 Å². The van der Waals surface area contributed by atoms with Gasteiger partial charge in [-0.05, 0) is 24.5 Å². The summed E-state index contributed by atoms with van der Waals surface area (Å²) in [4.78, 5) is 6.89. The topological polar surface area (TPSA) is 52.0 Å². The largest absolute Gasteiger partial charge is 0.353 e. The average Bonchev–Trinajstić information content (AvgIpc) is 2.39. The maximum atomic E-state index is 9.19. The van der Waals surface area contributed by atoms with E-state index in [0.29, 0.717) is 11.5 Å². The maximum absolute atomic E-state index is 9.19. The predicted molar refractivity (Wildman–Crippen MR) is 72.6 cm³/mol. The Hall–Kier alpha value is -1.60. The second-order valence-corrected chi connectivity index (χ2v) is 5.12. The van der Waals surface area contributed by atoms with E-state index >= 15 is 0 Å². The molecule has 0 spiro atoms. The van der Waals surface area contributed by atoms with Crippen LogP contribution < -0.4 is 10.2 Å². The SMILES string of the molecule is CC(C)Cc1ccc(C#N)c(N2CCNCC2)n1. The van der Waals surface area contributed by atoms with Crippen molar-refractivity contribution >= 4 is 5.82 Å². The molecule has 96 valence electrons. The lowest BCUT2D eigenvalue weighted by molar-refractivity contribution is 0.581. The first kappa shape index (κ1) is 12.8. The van der Waals surface area contributed by atoms with Crippen LogP contribution in [0.15, 0.2) is 12.1 Å². The van der Waals surface area contributed by atoms with E-state index in [0.717, 1.165) is 44.1 Å². The highest BCUT2D eigenvalue weighted by Gasteiger charge is 2.16. The molecule has 2 heterocycles. The first-order valence-electron chi connectivity index (χ1n) is 6.56. The van der Waals surface area contributed by atoms with Crippen molar-refractivity contribution in [3.8, 4) is 6.07 Å². The third-order valence-corrected chi connectivity index (χ3v) is 3.09. The molecule has 0 bridgehead atoms. The van der Waals surface area contributed by atoms with E-state index in [1.165, 1.54) is 0 Å². The minimum Gasteiger partial charge on any atom is -0.353 e. The molecule has 4 heteroatoms. The molecule has 1 N–H and O–H groups in total. The highest BCUT2D eigenvalue weighted by molar-refractivity contribution is 5.54. The highest BCUT2D eigenvalue weighted by Crippen LogP contribution is 2.19. The minimum absolute atomic E-state index is 0.585. The Labute approximate surface area is 109 Å². The number of rotatable bonds is 3. The summed E-state index contributed by atoms with van der Waals surface area (Å²) >= 11 is 0. The summed E-state index contributed by atoms with van der Waals surface area (Å²) in [5.41, 5.74) is 1.77. The number of nitrogens with one attached hydrogen (secondary N) is 1. The Morgan fingerprint density at radius 1 is 1.39 bits per heavy atom. The Bertz CT molecular complexity index is 442. The standard InChI is InChI=1S/C14H20N4/c1-11(2)9-13-4-3-12(10-15)14(17-13)18-7-5-16-6-8-18/h3-4,11,16H,5-9H2,1-2H3. The summed E-state index contributed by atoms with van der Waals surface area (Å²) in [5.74, 6) is 1.44. The molecule has 1 aromatic heterocycles. The van der Waals surface area contributed by atoms with Crippen molar-refractivity contribution in [1.82, 2.24) is 10.3 Å². The predicted octanol–water partition coefficient (Wildman–Crippen LogP) is 1.56. The van der Waals surface area contributed by atoms with Crippen LogP contribution in [0.4, 0.5) is 5.82 Å². The molecule has 18 heavy (non-hydrogen) atoms. The molecule has 0 aliphatic carbocycles. The van der Waals surface area contributed by atoms with E-state index in [-0.39, 0.29) is 0 Å². The van der Waals surface area contributed by atoms with Gasteiger partial charge in [-0.1, -0.05) is 13.8 Å². The van der Waals surface area contributed by atoms with Crippen molar-refractivity contribution in [3.63, 3.8) is 0 Å². The molecule has 1 saturated heterocycles. The van der Waals surface area contributed by atoms with Crippen LogP contribution in [-0.2, 0) is 6.42 Å². The van der Waals surface area contributed by atoms with E-state index in [9.17, 15) is 5.26 Å². The summed E-state index contributed by atoms with van der Waals surface area (Å²) in [6, 6.07) is 6.13. The number of nitrogens with zero attached hydrogens (tertiary/aromatic N) is 3. The third kappa shape index (κ3) is 2.99. The quantitative estimate of drug-likeness (QED) is 0.876. The van der Waals surface area contributed by atoms with Gasteiger partial charge in [0.1, 0.15) is 11.9 Å². The van der Waals surface area contributed by atoms with Crippen LogP contribution in [-0.4, -0.2) is 31.2 Å². The molecule has 1 aliphatic heterocycles. The Morgan fingerprint density at radius 3 is 2.72 bits per heavy atom. The third-order valence-electron chi connectivity index (χ3n) is 3.09. The first-order valence-corrected chi connectivity index (χ1v) is 6.56. The summed E-state index contributed by atoms with van der Waals surface area (Å²) in [6.45, 7) is 8.14. The lowest BCUT2D eigenvalue weighted by atomic mass is 10.1. The van der Waals surface area contributed by atoms with Crippen LogP contribution in [0.5, 0.6) is 0 Å². The van der Waals surface area contributed by atoms with Crippen LogP contribution in [0.1, 0.15) is 25.1 Å². The van der Waals surface area contributed by atoms with Crippen molar-refractivity contribution in [2.75, 3.05) is 31.1 Å². The van der Waals surface area contributed by atoms with Crippen LogP contribution >= 0.6 is 0 Å². The van der Waals surface area contributed by atoms with Gasteiger partial charge in [0.15, 0.2) is 0 Å². The van der Waals surface area contributed by atoms with E-state index < -0.39 is 0 Å². The van der Waals surface area contributed by atoms with E-state index in [4.69, 9.17) is 0 Å². The van der Waals surface area contributed by atoms with Gasteiger partial charge in [-0.3, -0.25) is 0 Å². The highest BCUT2D eigenvalue weighted by atomic mass is 15.2. The fraction of sp³-hybridized carbons (Fsp3) is 0.571. The lowest BCUT2D eigenvalue weighted by Gasteiger charge is -2.29. The number of aromatic nitrogens is 1. The number of anilines is 1. The molecule has 2 rings (SSSR count). The average molecular weight is 244 g/mol. The van der Waals surface area contributed by atoms with E-state index in [2.05, 4.69) is 35.1 Å². The molecular weight excluding hydrogens is 224 g/mol. The fourth-order valence-electron chi connectivity index (χ4n) is 2.22. The number of hydrogen-bond donors (Lipinski definition) is 1. The summed E-state index contributed by atoms with van der Waals surface area (Å²) in [5, 5.41) is 12.5. The number of pyridine rings is 1. The van der Waals surface area contributed by atoms with Gasteiger partial charge in [0.2, 0.25) is 0 Å². The molecule has 0 atom stereocenters. The van der Waals surface area contributed by atoms with E-state index in [1.807, 2.05) is 12.1 Å². The zero-order chi connectivity index (χ0) is 13.0. The Kier molecular flexibility index (Phi) is 4.16. The van der Waals surface area contributed by atoms with Crippen LogP contribution in [0.3, 0.4) is 0 Å². The van der Waals surface area contributed by atoms with E-state index in [1.54, 1.807) is 0 Å². The van der Waals surface area contributed by atoms with Gasteiger partial charge in [-0.15, -0.1) is 0 Å².